The number of hydrogen-bond acceptors (Lipinski definition) is 4. The smallest absolute Gasteiger partial charge is 0.255 e. The molecule has 131 valence electrons. The van der Waals surface area contributed by atoms with Crippen LogP contribution in [0.25, 0.3) is 0 Å². The maximum Gasteiger partial charge on any atom is 0.255 e. The van der Waals surface area contributed by atoms with Crippen molar-refractivity contribution in [2.45, 2.75) is 39.2 Å². The lowest BCUT2D eigenvalue weighted by Crippen LogP contribution is -2.44. The highest BCUT2D eigenvalue weighted by Crippen LogP contribution is 2.38. The number of rotatable bonds is 3. The van der Waals surface area contributed by atoms with Gasteiger partial charge in [-0.05, 0) is 38.0 Å². The van der Waals surface area contributed by atoms with Crippen LogP contribution in [0.4, 0.5) is 0 Å². The maximum absolute atomic E-state index is 12.7. The SMILES string of the molecule is [CH2]C1(Cn2nc(CC)c3c2CC2(CCOCC2)CNC3=O)COC1. The van der Waals surface area contributed by atoms with Crippen LogP contribution in [0.5, 0.6) is 0 Å². The zero-order valence-electron chi connectivity index (χ0n) is 14.4. The van der Waals surface area contributed by atoms with Gasteiger partial charge in [-0.3, -0.25) is 9.48 Å². The lowest BCUT2D eigenvalue weighted by atomic mass is 9.76. The number of nitrogens with zero attached hydrogens (tertiary/aromatic N) is 2. The third kappa shape index (κ3) is 2.65. The third-order valence-corrected chi connectivity index (χ3v) is 5.71. The van der Waals surface area contributed by atoms with Crippen LogP contribution in [0.3, 0.4) is 0 Å². The molecule has 0 unspecified atom stereocenters. The molecular formula is C18H26N3O3. The van der Waals surface area contributed by atoms with E-state index in [1.54, 1.807) is 0 Å². The van der Waals surface area contributed by atoms with Gasteiger partial charge in [-0.1, -0.05) is 6.92 Å². The Morgan fingerprint density at radius 3 is 2.67 bits per heavy atom. The fraction of sp³-hybridized carbons (Fsp3) is 0.722. The summed E-state index contributed by atoms with van der Waals surface area (Å²) >= 11 is 0. The van der Waals surface area contributed by atoms with E-state index in [2.05, 4.69) is 19.2 Å². The van der Waals surface area contributed by atoms with Gasteiger partial charge in [0, 0.05) is 25.2 Å². The minimum atomic E-state index is -0.115. The Bertz CT molecular complexity index is 642. The van der Waals surface area contributed by atoms with Crippen LogP contribution in [0.2, 0.25) is 0 Å². The number of hydrogen-bond donors (Lipinski definition) is 1. The van der Waals surface area contributed by atoms with Gasteiger partial charge in [-0.2, -0.15) is 5.10 Å². The van der Waals surface area contributed by atoms with Crippen molar-refractivity contribution in [2.75, 3.05) is 33.0 Å². The van der Waals surface area contributed by atoms with E-state index in [-0.39, 0.29) is 16.7 Å². The van der Waals surface area contributed by atoms with Crippen molar-refractivity contribution >= 4 is 5.91 Å². The topological polar surface area (TPSA) is 65.4 Å². The molecule has 1 N–H and O–H groups in total. The van der Waals surface area contributed by atoms with Gasteiger partial charge in [-0.15, -0.1) is 0 Å². The van der Waals surface area contributed by atoms with Crippen LogP contribution in [-0.4, -0.2) is 48.7 Å². The summed E-state index contributed by atoms with van der Waals surface area (Å²) in [6.07, 6.45) is 3.61. The summed E-state index contributed by atoms with van der Waals surface area (Å²) in [5.41, 5.74) is 2.75. The highest BCUT2D eigenvalue weighted by Gasteiger charge is 2.41. The second-order valence-corrected chi connectivity index (χ2v) is 7.74. The fourth-order valence-electron chi connectivity index (χ4n) is 4.10. The molecule has 24 heavy (non-hydrogen) atoms. The van der Waals surface area contributed by atoms with E-state index in [0.29, 0.717) is 13.2 Å². The Hall–Kier alpha value is -1.40. The van der Waals surface area contributed by atoms with Gasteiger partial charge < -0.3 is 14.8 Å². The predicted octanol–water partition coefficient (Wildman–Crippen LogP) is 1.38. The molecular weight excluding hydrogens is 306 g/mol. The van der Waals surface area contributed by atoms with Crippen molar-refractivity contribution in [3.63, 3.8) is 0 Å². The summed E-state index contributed by atoms with van der Waals surface area (Å²) in [5, 5.41) is 7.93. The predicted molar refractivity (Wildman–Crippen MR) is 88.7 cm³/mol. The Labute approximate surface area is 142 Å². The number of aryl methyl sites for hydroxylation is 1. The standard InChI is InChI=1S/C18H26N3O3/c1-3-13-15-14(21(20-13)10-17(2)11-24-12-17)8-18(9-19-16(15)22)4-6-23-7-5-18/h2-12H2,1H3,(H,19,22). The van der Waals surface area contributed by atoms with Crippen LogP contribution in [0, 0.1) is 17.8 Å². The molecule has 1 aromatic heterocycles. The molecule has 3 aliphatic rings. The molecule has 6 heteroatoms. The van der Waals surface area contributed by atoms with Crippen molar-refractivity contribution < 1.29 is 14.3 Å². The molecule has 2 fully saturated rings. The van der Waals surface area contributed by atoms with E-state index in [4.69, 9.17) is 14.6 Å². The van der Waals surface area contributed by atoms with Crippen LogP contribution in [0.1, 0.15) is 41.5 Å². The Kier molecular flexibility index (Phi) is 3.92. The van der Waals surface area contributed by atoms with Crippen molar-refractivity contribution in [3.05, 3.63) is 23.9 Å². The molecule has 0 saturated carbocycles. The van der Waals surface area contributed by atoms with Crippen LogP contribution < -0.4 is 5.32 Å². The number of carbonyl (C=O) groups excluding carboxylic acids is 1. The second kappa shape index (κ2) is 5.85. The van der Waals surface area contributed by atoms with Crippen molar-refractivity contribution in [1.82, 2.24) is 15.1 Å². The van der Waals surface area contributed by atoms with Crippen molar-refractivity contribution in [1.29, 1.82) is 0 Å². The highest BCUT2D eigenvalue weighted by molar-refractivity contribution is 5.97. The molecule has 4 heterocycles. The first-order chi connectivity index (χ1) is 11.5. The molecule has 2 saturated heterocycles. The van der Waals surface area contributed by atoms with Crippen molar-refractivity contribution in [3.8, 4) is 0 Å². The first-order valence-corrected chi connectivity index (χ1v) is 8.92. The second-order valence-electron chi connectivity index (χ2n) is 7.74. The van der Waals surface area contributed by atoms with E-state index in [0.717, 1.165) is 68.9 Å². The zero-order chi connectivity index (χ0) is 16.8. The molecule has 0 aliphatic carbocycles. The first-order valence-electron chi connectivity index (χ1n) is 8.92. The molecule has 0 bridgehead atoms. The maximum atomic E-state index is 12.7. The van der Waals surface area contributed by atoms with E-state index in [1.807, 2.05) is 4.68 Å². The summed E-state index contributed by atoms with van der Waals surface area (Å²) in [6, 6.07) is 0. The summed E-state index contributed by atoms with van der Waals surface area (Å²) in [7, 11) is 0. The average Bonchev–Trinajstić information content (AvgIpc) is 2.82. The quantitative estimate of drug-likeness (QED) is 0.908. The highest BCUT2D eigenvalue weighted by atomic mass is 16.5. The Morgan fingerprint density at radius 2 is 2.04 bits per heavy atom. The lowest BCUT2D eigenvalue weighted by Gasteiger charge is -2.39. The number of nitrogens with one attached hydrogen (secondary N) is 1. The normalized spacial score (nSPS) is 24.8. The van der Waals surface area contributed by atoms with E-state index in [1.165, 1.54) is 0 Å². The average molecular weight is 332 g/mol. The Morgan fingerprint density at radius 1 is 1.29 bits per heavy atom. The molecule has 0 aromatic carbocycles. The van der Waals surface area contributed by atoms with Crippen LogP contribution in [-0.2, 0) is 28.9 Å². The first kappa shape index (κ1) is 16.1. The third-order valence-electron chi connectivity index (χ3n) is 5.71. The minimum Gasteiger partial charge on any atom is -0.381 e. The number of carbonyl (C=O) groups is 1. The largest absolute Gasteiger partial charge is 0.381 e. The van der Waals surface area contributed by atoms with E-state index in [9.17, 15) is 4.79 Å². The molecule has 1 aromatic rings. The van der Waals surface area contributed by atoms with Crippen LogP contribution in [0.15, 0.2) is 0 Å². The number of fused-ring (bicyclic) bond motifs is 1. The zero-order valence-corrected chi connectivity index (χ0v) is 14.4. The van der Waals surface area contributed by atoms with Gasteiger partial charge in [0.15, 0.2) is 0 Å². The summed E-state index contributed by atoms with van der Waals surface area (Å²) in [4.78, 5) is 12.7. The summed E-state index contributed by atoms with van der Waals surface area (Å²) in [5.74, 6) is 0.0273. The van der Waals surface area contributed by atoms with Crippen molar-refractivity contribution in [2.24, 2.45) is 10.8 Å². The van der Waals surface area contributed by atoms with E-state index >= 15 is 0 Å². The number of ether oxygens (including phenoxy) is 2. The van der Waals surface area contributed by atoms with Gasteiger partial charge in [0.1, 0.15) is 0 Å². The fourth-order valence-corrected chi connectivity index (χ4v) is 4.10. The number of aromatic nitrogens is 2. The monoisotopic (exact) mass is 332 g/mol. The molecule has 1 radical (unpaired) electrons. The van der Waals surface area contributed by atoms with Gasteiger partial charge in [-0.25, -0.2) is 0 Å². The summed E-state index contributed by atoms with van der Waals surface area (Å²) in [6.45, 7) is 10.7. The minimum absolute atomic E-state index is 0.0273. The molecule has 3 aliphatic heterocycles. The molecule has 6 nitrogen and oxygen atoms in total. The van der Waals surface area contributed by atoms with Gasteiger partial charge in [0.05, 0.1) is 36.7 Å². The summed E-state index contributed by atoms with van der Waals surface area (Å²) < 4.78 is 12.9. The Balaban J connectivity index is 1.73. The van der Waals surface area contributed by atoms with Gasteiger partial charge in [0.2, 0.25) is 0 Å². The van der Waals surface area contributed by atoms with Gasteiger partial charge in [0.25, 0.3) is 5.91 Å². The molecule has 1 amide bonds. The van der Waals surface area contributed by atoms with E-state index < -0.39 is 0 Å². The van der Waals surface area contributed by atoms with Gasteiger partial charge >= 0.3 is 0 Å². The number of amides is 1. The molecule has 4 rings (SSSR count). The lowest BCUT2D eigenvalue weighted by molar-refractivity contribution is -0.0946. The molecule has 0 atom stereocenters. The molecule has 1 spiro atoms. The van der Waals surface area contributed by atoms with Crippen LogP contribution >= 0.6 is 0 Å².